The SMILES string of the molecule is C#Cc1cc([N+](=O)[O-])cc(S(=O)(=O)N2CCN(c3cccnc3)CC2)c1N(CCC)CCOS(C)(=O)=O. The molecule has 37 heavy (non-hydrogen) atoms. The fourth-order valence-corrected chi connectivity index (χ4v) is 6.15. The molecule has 3 rings (SSSR count). The second-order valence-corrected chi connectivity index (χ2v) is 11.9. The highest BCUT2D eigenvalue weighted by atomic mass is 32.2. The van der Waals surface area contributed by atoms with Gasteiger partial charge in [-0.3, -0.25) is 19.3 Å². The molecule has 0 atom stereocenters. The van der Waals surface area contributed by atoms with E-state index in [1.807, 2.05) is 17.9 Å². The van der Waals surface area contributed by atoms with Crippen molar-refractivity contribution in [3.8, 4) is 12.3 Å². The lowest BCUT2D eigenvalue weighted by Crippen LogP contribution is -2.49. The number of terminal acetylenes is 1. The number of non-ortho nitro benzene ring substituents is 1. The Hall–Kier alpha value is -3.25. The van der Waals surface area contributed by atoms with Crippen molar-refractivity contribution in [2.45, 2.75) is 18.2 Å². The van der Waals surface area contributed by atoms with Gasteiger partial charge in [0, 0.05) is 57.6 Å². The number of benzene rings is 1. The van der Waals surface area contributed by atoms with Gasteiger partial charge in [-0.15, -0.1) is 6.42 Å². The second-order valence-electron chi connectivity index (χ2n) is 8.36. The zero-order valence-electron chi connectivity index (χ0n) is 20.6. The van der Waals surface area contributed by atoms with Gasteiger partial charge in [0.1, 0.15) is 4.90 Å². The predicted molar refractivity (Wildman–Crippen MR) is 140 cm³/mol. The number of nitrogens with zero attached hydrogens (tertiary/aromatic N) is 5. The number of hydrogen-bond donors (Lipinski definition) is 0. The molecule has 2 heterocycles. The van der Waals surface area contributed by atoms with Gasteiger partial charge in [-0.25, -0.2) is 8.42 Å². The number of nitro groups is 1. The Morgan fingerprint density at radius 1 is 1.19 bits per heavy atom. The van der Waals surface area contributed by atoms with Gasteiger partial charge in [0.25, 0.3) is 15.8 Å². The van der Waals surface area contributed by atoms with Gasteiger partial charge in [-0.2, -0.15) is 12.7 Å². The van der Waals surface area contributed by atoms with Crippen molar-refractivity contribution in [1.82, 2.24) is 9.29 Å². The lowest BCUT2D eigenvalue weighted by Gasteiger charge is -2.36. The lowest BCUT2D eigenvalue weighted by atomic mass is 10.1. The molecule has 1 aromatic heterocycles. The first-order valence-corrected chi connectivity index (χ1v) is 14.8. The molecule has 1 saturated heterocycles. The molecule has 0 radical (unpaired) electrons. The van der Waals surface area contributed by atoms with Crippen LogP contribution in [0.15, 0.2) is 41.6 Å². The van der Waals surface area contributed by atoms with Crippen LogP contribution in [-0.4, -0.2) is 83.2 Å². The van der Waals surface area contributed by atoms with Crippen molar-refractivity contribution in [3.63, 3.8) is 0 Å². The van der Waals surface area contributed by atoms with Crippen LogP contribution in [0.5, 0.6) is 0 Å². The van der Waals surface area contributed by atoms with Crippen LogP contribution >= 0.6 is 0 Å². The molecule has 14 heteroatoms. The Morgan fingerprint density at radius 3 is 2.43 bits per heavy atom. The highest BCUT2D eigenvalue weighted by molar-refractivity contribution is 7.89. The van der Waals surface area contributed by atoms with Crippen molar-refractivity contribution >= 4 is 37.2 Å². The third-order valence-electron chi connectivity index (χ3n) is 5.76. The second kappa shape index (κ2) is 11.9. The van der Waals surface area contributed by atoms with E-state index in [0.29, 0.717) is 26.1 Å². The zero-order chi connectivity index (χ0) is 27.2. The minimum atomic E-state index is -4.21. The van der Waals surface area contributed by atoms with Crippen LogP contribution in [0.25, 0.3) is 0 Å². The summed E-state index contributed by atoms with van der Waals surface area (Å²) in [5.41, 5.74) is 0.551. The molecule has 1 aliphatic heterocycles. The molecule has 1 aromatic carbocycles. The number of rotatable bonds is 11. The van der Waals surface area contributed by atoms with Crippen LogP contribution in [0.2, 0.25) is 0 Å². The van der Waals surface area contributed by atoms with Crippen molar-refractivity contribution in [2.75, 3.05) is 61.9 Å². The van der Waals surface area contributed by atoms with Crippen molar-refractivity contribution in [2.24, 2.45) is 0 Å². The molecule has 0 aliphatic carbocycles. The molecule has 200 valence electrons. The predicted octanol–water partition coefficient (Wildman–Crippen LogP) is 1.67. The Bertz CT molecular complexity index is 1370. The van der Waals surface area contributed by atoms with Crippen LogP contribution in [0, 0.1) is 22.5 Å². The molecule has 0 amide bonds. The Labute approximate surface area is 217 Å². The van der Waals surface area contributed by atoms with E-state index < -0.39 is 30.8 Å². The van der Waals surface area contributed by atoms with Gasteiger partial charge < -0.3 is 9.80 Å². The third kappa shape index (κ3) is 6.95. The van der Waals surface area contributed by atoms with Crippen molar-refractivity contribution in [3.05, 3.63) is 52.3 Å². The van der Waals surface area contributed by atoms with Gasteiger partial charge in [0.2, 0.25) is 10.0 Å². The minimum Gasteiger partial charge on any atom is -0.368 e. The van der Waals surface area contributed by atoms with Crippen LogP contribution in [0.1, 0.15) is 18.9 Å². The molecule has 0 unspecified atom stereocenters. The third-order valence-corrected chi connectivity index (χ3v) is 8.27. The molecule has 1 aliphatic rings. The standard InChI is InChI=1S/C23H29N5O7S2/c1-4-9-26(14-15-35-36(3,31)32)23-19(5-2)16-21(28(29)30)17-22(23)37(33,34)27-12-10-25(11-13-27)20-7-6-8-24-18-20/h2,6-8,16-18H,4,9-15H2,1,3H3. The van der Waals surface area contributed by atoms with E-state index in [-0.39, 0.29) is 42.4 Å². The Morgan fingerprint density at radius 2 is 1.89 bits per heavy atom. The molecule has 0 N–H and O–H groups in total. The summed E-state index contributed by atoms with van der Waals surface area (Å²) in [6, 6.07) is 5.84. The summed E-state index contributed by atoms with van der Waals surface area (Å²) in [7, 11) is -7.94. The number of sulfonamides is 1. The fraction of sp³-hybridized carbons (Fsp3) is 0.435. The number of hydrogen-bond acceptors (Lipinski definition) is 10. The van der Waals surface area contributed by atoms with E-state index >= 15 is 0 Å². The summed E-state index contributed by atoms with van der Waals surface area (Å²) < 4.78 is 56.8. The first-order chi connectivity index (χ1) is 17.5. The molecule has 12 nitrogen and oxygen atoms in total. The zero-order valence-corrected chi connectivity index (χ0v) is 22.2. The van der Waals surface area contributed by atoms with Crippen molar-refractivity contribution < 1.29 is 25.9 Å². The number of anilines is 2. The Balaban J connectivity index is 2.02. The highest BCUT2D eigenvalue weighted by Gasteiger charge is 2.34. The normalized spacial score (nSPS) is 14.8. The monoisotopic (exact) mass is 551 g/mol. The summed E-state index contributed by atoms with van der Waals surface area (Å²) in [4.78, 5) is 18.3. The van der Waals surface area contributed by atoms with E-state index in [4.69, 9.17) is 10.6 Å². The molecular weight excluding hydrogens is 522 g/mol. The van der Waals surface area contributed by atoms with E-state index in [2.05, 4.69) is 10.9 Å². The van der Waals surface area contributed by atoms with Gasteiger partial charge >= 0.3 is 0 Å². The molecule has 0 spiro atoms. The minimum absolute atomic E-state index is 0.00467. The average molecular weight is 552 g/mol. The smallest absolute Gasteiger partial charge is 0.272 e. The maximum Gasteiger partial charge on any atom is 0.272 e. The summed E-state index contributed by atoms with van der Waals surface area (Å²) in [5, 5.41) is 11.6. The maximum absolute atomic E-state index is 13.9. The summed E-state index contributed by atoms with van der Waals surface area (Å²) >= 11 is 0. The van der Waals surface area contributed by atoms with E-state index in [9.17, 15) is 26.9 Å². The average Bonchev–Trinajstić information content (AvgIpc) is 2.87. The molecule has 2 aromatic rings. The van der Waals surface area contributed by atoms with Gasteiger partial charge in [-0.05, 0) is 18.6 Å². The Kier molecular flexibility index (Phi) is 9.08. The van der Waals surface area contributed by atoms with Gasteiger partial charge in [0.05, 0.1) is 40.9 Å². The van der Waals surface area contributed by atoms with Gasteiger partial charge in [-0.1, -0.05) is 12.8 Å². The maximum atomic E-state index is 13.9. The molecule has 1 fully saturated rings. The number of nitro benzene ring substituents is 1. The van der Waals surface area contributed by atoms with Crippen LogP contribution < -0.4 is 9.80 Å². The van der Waals surface area contributed by atoms with Crippen LogP contribution in [-0.2, 0) is 24.3 Å². The highest BCUT2D eigenvalue weighted by Crippen LogP contribution is 2.36. The summed E-state index contributed by atoms with van der Waals surface area (Å²) in [5.74, 6) is 2.38. The molecule has 0 saturated carbocycles. The lowest BCUT2D eigenvalue weighted by molar-refractivity contribution is -0.385. The quantitative estimate of drug-likeness (QED) is 0.175. The number of pyridine rings is 1. The van der Waals surface area contributed by atoms with Crippen molar-refractivity contribution in [1.29, 1.82) is 0 Å². The fourth-order valence-electron chi connectivity index (χ4n) is 4.10. The van der Waals surface area contributed by atoms with E-state index in [1.54, 1.807) is 23.4 Å². The van der Waals surface area contributed by atoms with Crippen LogP contribution in [0.4, 0.5) is 17.1 Å². The number of piperazine rings is 1. The van der Waals surface area contributed by atoms with E-state index in [0.717, 1.165) is 24.1 Å². The number of aromatic nitrogens is 1. The molecular formula is C23H29N5O7S2. The van der Waals surface area contributed by atoms with Gasteiger partial charge in [0.15, 0.2) is 0 Å². The molecule has 0 bridgehead atoms. The summed E-state index contributed by atoms with van der Waals surface area (Å²) in [6.07, 6.45) is 10.5. The first-order valence-electron chi connectivity index (χ1n) is 11.5. The topological polar surface area (TPSA) is 143 Å². The van der Waals surface area contributed by atoms with E-state index in [1.165, 1.54) is 4.31 Å². The van der Waals surface area contributed by atoms with Crippen LogP contribution in [0.3, 0.4) is 0 Å². The first kappa shape index (κ1) is 28.3. The summed E-state index contributed by atoms with van der Waals surface area (Å²) in [6.45, 7) is 3.03. The largest absolute Gasteiger partial charge is 0.368 e.